The third-order valence-electron chi connectivity index (χ3n) is 8.81. The van der Waals surface area contributed by atoms with Gasteiger partial charge in [0.2, 0.25) is 0 Å². The molecule has 1 heterocycles. The predicted octanol–water partition coefficient (Wildman–Crippen LogP) is 3.02. The first-order chi connectivity index (χ1) is 11.9. The summed E-state index contributed by atoms with van der Waals surface area (Å²) in [5, 5.41) is 21.8. The Bertz CT molecular complexity index is 595. The van der Waals surface area contributed by atoms with Crippen LogP contribution in [0, 0.1) is 28.6 Å². The molecule has 25 heavy (non-hydrogen) atoms. The van der Waals surface area contributed by atoms with Crippen LogP contribution in [-0.2, 0) is 9.47 Å². The normalized spacial score (nSPS) is 53.9. The largest absolute Gasteiger partial charge is 0.393 e. The molecule has 4 aliphatic carbocycles. The molecule has 0 bridgehead atoms. The Labute approximate surface area is 150 Å². The maximum Gasteiger partial charge on any atom is 0.172 e. The second-order valence-electron chi connectivity index (χ2n) is 9.83. The Morgan fingerprint density at radius 2 is 1.84 bits per heavy atom. The zero-order valence-electron chi connectivity index (χ0n) is 15.5. The zero-order chi connectivity index (χ0) is 17.4. The van der Waals surface area contributed by atoms with Crippen LogP contribution in [-0.4, -0.2) is 41.4 Å². The minimum Gasteiger partial charge on any atom is -0.393 e. The average Bonchev–Trinajstić information content (AvgIpc) is 3.13. The molecule has 5 aliphatic rings. The molecule has 0 aromatic rings. The Morgan fingerprint density at radius 3 is 2.60 bits per heavy atom. The Morgan fingerprint density at radius 1 is 1.08 bits per heavy atom. The maximum absolute atomic E-state index is 11.2. The lowest BCUT2D eigenvalue weighted by molar-refractivity contribution is -0.195. The van der Waals surface area contributed by atoms with Crippen molar-refractivity contribution in [3.8, 4) is 0 Å². The summed E-state index contributed by atoms with van der Waals surface area (Å²) in [5.41, 5.74) is 1.40. The van der Waals surface area contributed by atoms with Crippen LogP contribution in [0.5, 0.6) is 0 Å². The first-order valence-corrected chi connectivity index (χ1v) is 10.2. The van der Waals surface area contributed by atoms with Crippen molar-refractivity contribution in [1.29, 1.82) is 0 Å². The summed E-state index contributed by atoms with van der Waals surface area (Å²) < 4.78 is 12.0. The Balaban J connectivity index is 1.50. The van der Waals surface area contributed by atoms with Gasteiger partial charge in [-0.25, -0.2) is 0 Å². The summed E-state index contributed by atoms with van der Waals surface area (Å²) in [4.78, 5) is 0. The molecule has 1 aliphatic heterocycles. The third kappa shape index (κ3) is 2.14. The first kappa shape index (κ1) is 16.7. The quantitative estimate of drug-likeness (QED) is 0.661. The molecule has 2 N–H and O–H groups in total. The van der Waals surface area contributed by atoms with Crippen LogP contribution in [0.2, 0.25) is 0 Å². The van der Waals surface area contributed by atoms with Crippen LogP contribution in [0.1, 0.15) is 58.8 Å². The van der Waals surface area contributed by atoms with Crippen LogP contribution in [0.3, 0.4) is 0 Å². The summed E-state index contributed by atoms with van der Waals surface area (Å²) in [6, 6.07) is 0. The summed E-state index contributed by atoms with van der Waals surface area (Å²) in [6.07, 6.45) is 8.51. The number of hydrogen-bond acceptors (Lipinski definition) is 4. The van der Waals surface area contributed by atoms with Crippen molar-refractivity contribution in [3.05, 3.63) is 11.6 Å². The lowest BCUT2D eigenvalue weighted by Crippen LogP contribution is -2.58. The van der Waals surface area contributed by atoms with Crippen molar-refractivity contribution in [2.75, 3.05) is 13.2 Å². The van der Waals surface area contributed by atoms with Crippen molar-refractivity contribution < 1.29 is 19.7 Å². The van der Waals surface area contributed by atoms with Gasteiger partial charge in [0, 0.05) is 12.8 Å². The minimum absolute atomic E-state index is 0.0533. The van der Waals surface area contributed by atoms with Crippen LogP contribution in [0.15, 0.2) is 11.6 Å². The van der Waals surface area contributed by atoms with Crippen molar-refractivity contribution in [1.82, 2.24) is 0 Å². The first-order valence-electron chi connectivity index (χ1n) is 10.2. The summed E-state index contributed by atoms with van der Waals surface area (Å²) >= 11 is 0. The van der Waals surface area contributed by atoms with Crippen LogP contribution < -0.4 is 0 Å². The highest BCUT2D eigenvalue weighted by Gasteiger charge is 2.62. The molecule has 1 spiro atoms. The number of rotatable bonds is 0. The van der Waals surface area contributed by atoms with Gasteiger partial charge in [-0.3, -0.25) is 0 Å². The maximum atomic E-state index is 11.2. The fraction of sp³-hybridized carbons (Fsp3) is 0.905. The van der Waals surface area contributed by atoms with Gasteiger partial charge in [-0.15, -0.1) is 0 Å². The molecule has 3 saturated carbocycles. The second kappa shape index (κ2) is 5.31. The Kier molecular flexibility index (Phi) is 3.55. The van der Waals surface area contributed by atoms with E-state index in [1.807, 2.05) is 0 Å². The van der Waals surface area contributed by atoms with Gasteiger partial charge in [-0.1, -0.05) is 25.5 Å². The fourth-order valence-corrected chi connectivity index (χ4v) is 7.45. The lowest BCUT2D eigenvalue weighted by Gasteiger charge is -2.60. The minimum atomic E-state index is -0.393. The summed E-state index contributed by atoms with van der Waals surface area (Å²) in [7, 11) is 0. The molecule has 3 unspecified atom stereocenters. The highest BCUT2D eigenvalue weighted by atomic mass is 16.7. The highest BCUT2D eigenvalue weighted by molar-refractivity contribution is 5.27. The van der Waals surface area contributed by atoms with Gasteiger partial charge < -0.3 is 19.7 Å². The number of aliphatic hydroxyl groups excluding tert-OH is 2. The standard InChI is InChI=1S/C21H32O4/c1-19-7-8-21(24-9-10-25-21)11-13(19)3-4-14-15-5-6-17(23)20(15,2)12-16(22)18(14)19/h3,14-18,22-23H,4-12H2,1-2H3/t14?,15?,16-,17-,18?,19-,20-/m0/s1. The van der Waals surface area contributed by atoms with E-state index in [-0.39, 0.29) is 23.0 Å². The van der Waals surface area contributed by atoms with E-state index in [1.165, 1.54) is 5.57 Å². The van der Waals surface area contributed by atoms with Crippen LogP contribution in [0.4, 0.5) is 0 Å². The SMILES string of the molecule is C[C@]12CCC3(CC1=CCC1C2[C@@H](O)C[C@@]2(C)C1CC[C@@H]2O)OCCO3. The smallest absolute Gasteiger partial charge is 0.172 e. The van der Waals surface area contributed by atoms with Crippen LogP contribution >= 0.6 is 0 Å². The monoisotopic (exact) mass is 348 g/mol. The molecular weight excluding hydrogens is 316 g/mol. The van der Waals surface area contributed by atoms with E-state index < -0.39 is 5.79 Å². The molecule has 1 saturated heterocycles. The fourth-order valence-electron chi connectivity index (χ4n) is 7.45. The molecule has 0 aromatic heterocycles. The lowest BCUT2D eigenvalue weighted by atomic mass is 9.47. The van der Waals surface area contributed by atoms with Gasteiger partial charge in [-0.05, 0) is 60.7 Å². The van der Waals surface area contributed by atoms with Crippen molar-refractivity contribution in [3.63, 3.8) is 0 Å². The molecule has 4 heteroatoms. The number of ether oxygens (including phenoxy) is 2. The van der Waals surface area contributed by atoms with Gasteiger partial charge in [0.1, 0.15) is 0 Å². The van der Waals surface area contributed by atoms with Crippen LogP contribution in [0.25, 0.3) is 0 Å². The predicted molar refractivity (Wildman–Crippen MR) is 93.7 cm³/mol. The van der Waals surface area contributed by atoms with E-state index in [4.69, 9.17) is 9.47 Å². The van der Waals surface area contributed by atoms with E-state index in [9.17, 15) is 10.2 Å². The number of allylic oxidation sites excluding steroid dienone is 1. The number of fused-ring (bicyclic) bond motifs is 5. The van der Waals surface area contributed by atoms with Crippen molar-refractivity contribution in [2.24, 2.45) is 28.6 Å². The number of hydrogen-bond donors (Lipinski definition) is 2. The van der Waals surface area contributed by atoms with Gasteiger partial charge in [0.05, 0.1) is 25.4 Å². The Hall–Kier alpha value is -0.420. The molecule has 4 fully saturated rings. The zero-order valence-corrected chi connectivity index (χ0v) is 15.5. The molecule has 0 radical (unpaired) electrons. The van der Waals surface area contributed by atoms with Crippen molar-refractivity contribution in [2.45, 2.75) is 76.8 Å². The second-order valence-corrected chi connectivity index (χ2v) is 9.83. The molecule has 0 aromatic carbocycles. The van der Waals surface area contributed by atoms with E-state index in [0.717, 1.165) is 44.9 Å². The third-order valence-corrected chi connectivity index (χ3v) is 8.81. The highest BCUT2D eigenvalue weighted by Crippen LogP contribution is 2.65. The van der Waals surface area contributed by atoms with Gasteiger partial charge in [-0.2, -0.15) is 0 Å². The molecule has 140 valence electrons. The summed E-state index contributed by atoms with van der Waals surface area (Å²) in [5.74, 6) is 0.963. The topological polar surface area (TPSA) is 58.9 Å². The van der Waals surface area contributed by atoms with E-state index in [0.29, 0.717) is 31.0 Å². The van der Waals surface area contributed by atoms with Crippen molar-refractivity contribution >= 4 is 0 Å². The number of aliphatic hydroxyl groups is 2. The van der Waals surface area contributed by atoms with E-state index in [1.54, 1.807) is 0 Å². The van der Waals surface area contributed by atoms with Gasteiger partial charge in [0.15, 0.2) is 5.79 Å². The molecule has 7 atom stereocenters. The molecule has 4 nitrogen and oxygen atoms in total. The van der Waals surface area contributed by atoms with Gasteiger partial charge >= 0.3 is 0 Å². The van der Waals surface area contributed by atoms with E-state index >= 15 is 0 Å². The average molecular weight is 348 g/mol. The molecular formula is C21H32O4. The molecule has 0 amide bonds. The van der Waals surface area contributed by atoms with Gasteiger partial charge in [0.25, 0.3) is 0 Å². The van der Waals surface area contributed by atoms with E-state index in [2.05, 4.69) is 19.9 Å². The molecule has 5 rings (SSSR count). The summed E-state index contributed by atoms with van der Waals surface area (Å²) in [6.45, 7) is 6.00.